The molecule has 24 heavy (non-hydrogen) atoms. The van der Waals surface area contributed by atoms with E-state index in [-0.39, 0.29) is 43.3 Å². The Morgan fingerprint density at radius 1 is 0.375 bits per heavy atom. The fourth-order valence-electron chi connectivity index (χ4n) is 9.08. The zero-order chi connectivity index (χ0) is 19.6. The van der Waals surface area contributed by atoms with Crippen molar-refractivity contribution < 1.29 is 0 Å². The lowest BCUT2D eigenvalue weighted by Crippen LogP contribution is -2.82. The van der Waals surface area contributed by atoms with Crippen LogP contribution in [0.3, 0.4) is 0 Å². The van der Waals surface area contributed by atoms with E-state index < -0.39 is 0 Å². The van der Waals surface area contributed by atoms with Crippen molar-refractivity contribution in [3.05, 3.63) is 0 Å². The summed E-state index contributed by atoms with van der Waals surface area (Å²) in [7, 11) is 0. The van der Waals surface area contributed by atoms with Gasteiger partial charge in [-0.05, 0) is 49.2 Å². The summed E-state index contributed by atoms with van der Waals surface area (Å²) in [5, 5.41) is 0. The Hall–Kier alpha value is 0. The van der Waals surface area contributed by atoms with E-state index in [9.17, 15) is 0 Å². The van der Waals surface area contributed by atoms with Crippen molar-refractivity contribution in [1.29, 1.82) is 0 Å². The lowest BCUT2D eigenvalue weighted by Gasteiger charge is -2.87. The predicted octanol–water partition coefficient (Wildman–Crippen LogP) is 7.82. The molecule has 0 N–H and O–H groups in total. The highest BCUT2D eigenvalue weighted by molar-refractivity contribution is 5.31. The smallest absolute Gasteiger partial charge is 0.0158 e. The van der Waals surface area contributed by atoms with Gasteiger partial charge >= 0.3 is 0 Å². The Morgan fingerprint density at radius 2 is 0.625 bits per heavy atom. The topological polar surface area (TPSA) is 0 Å². The van der Waals surface area contributed by atoms with E-state index in [0.29, 0.717) is 5.92 Å². The molecule has 2 rings (SSSR count). The van der Waals surface area contributed by atoms with Gasteiger partial charge in [-0.25, -0.2) is 0 Å². The molecular formula is C24H46. The summed E-state index contributed by atoms with van der Waals surface area (Å²) in [5.74, 6) is 0.669. The molecule has 2 fully saturated rings. The van der Waals surface area contributed by atoms with Gasteiger partial charge in [-0.2, -0.15) is 0 Å². The average Bonchev–Trinajstić information content (AvgIpc) is 2.40. The van der Waals surface area contributed by atoms with Crippen LogP contribution < -0.4 is 0 Å². The molecule has 0 nitrogen and oxygen atoms in total. The first-order valence-corrected chi connectivity index (χ1v) is 10.2. The summed E-state index contributed by atoms with van der Waals surface area (Å²) in [6, 6.07) is 0. The standard InChI is InChI=1S/C24H46/c1-16-17(2,3)23(14)20(8,9)19(6,7)21(10,11)24(15,18(16,4)5)22(23,12)13/h16H,1-15H3. The summed E-state index contributed by atoms with van der Waals surface area (Å²) in [5.41, 5.74) is 2.00. The molecule has 0 amide bonds. The van der Waals surface area contributed by atoms with Crippen LogP contribution in [0.2, 0.25) is 0 Å². The minimum Gasteiger partial charge on any atom is -0.0614 e. The Bertz CT molecular complexity index is 509. The molecule has 2 aliphatic rings. The molecular weight excluding hydrogens is 288 g/mol. The maximum Gasteiger partial charge on any atom is -0.0158 e. The van der Waals surface area contributed by atoms with Crippen molar-refractivity contribution in [2.24, 2.45) is 49.2 Å². The van der Waals surface area contributed by atoms with Gasteiger partial charge in [0.25, 0.3) is 0 Å². The number of hydrogen-bond acceptors (Lipinski definition) is 0. The van der Waals surface area contributed by atoms with E-state index in [0.717, 1.165) is 0 Å². The quantitative estimate of drug-likeness (QED) is 0.423. The van der Waals surface area contributed by atoms with Crippen molar-refractivity contribution >= 4 is 0 Å². The van der Waals surface area contributed by atoms with E-state index >= 15 is 0 Å². The highest BCUT2D eigenvalue weighted by Crippen LogP contribution is 2.89. The molecule has 2 bridgehead atoms. The maximum atomic E-state index is 2.63. The summed E-state index contributed by atoms with van der Waals surface area (Å²) in [6.07, 6.45) is 0. The SMILES string of the molecule is CC1C(C)(C)C2(C)C(C)(C)C(C)(C)C(C)(C)C(C)(C1(C)C)C2(C)C. The predicted molar refractivity (Wildman–Crippen MR) is 108 cm³/mol. The molecule has 142 valence electrons. The van der Waals surface area contributed by atoms with Crippen LogP contribution in [0.15, 0.2) is 0 Å². The summed E-state index contributed by atoms with van der Waals surface area (Å²) < 4.78 is 0. The van der Waals surface area contributed by atoms with Crippen LogP contribution >= 0.6 is 0 Å². The van der Waals surface area contributed by atoms with Crippen molar-refractivity contribution in [2.45, 2.75) is 104 Å². The molecule has 2 atom stereocenters. The Labute approximate surface area is 153 Å². The first kappa shape index (κ1) is 20.3. The van der Waals surface area contributed by atoms with Crippen LogP contribution in [-0.2, 0) is 0 Å². The largest absolute Gasteiger partial charge is 0.0614 e. The van der Waals surface area contributed by atoms with Gasteiger partial charge in [0.2, 0.25) is 0 Å². The Balaban J connectivity index is 3.11. The Morgan fingerprint density at radius 3 is 0.875 bits per heavy atom. The molecule has 0 radical (unpaired) electrons. The first-order valence-electron chi connectivity index (χ1n) is 10.2. The lowest BCUT2D eigenvalue weighted by atomic mass is 9.16. The van der Waals surface area contributed by atoms with Gasteiger partial charge in [-0.1, -0.05) is 104 Å². The van der Waals surface area contributed by atoms with Gasteiger partial charge in [0.05, 0.1) is 0 Å². The van der Waals surface area contributed by atoms with Crippen LogP contribution in [0.1, 0.15) is 104 Å². The monoisotopic (exact) mass is 334 g/mol. The maximum absolute atomic E-state index is 2.63. The van der Waals surface area contributed by atoms with Crippen LogP contribution in [0, 0.1) is 49.2 Å². The second-order valence-electron chi connectivity index (χ2n) is 12.9. The molecule has 2 saturated carbocycles. The molecule has 0 aromatic rings. The third-order valence-electron chi connectivity index (χ3n) is 12.9. The Kier molecular flexibility index (Phi) is 3.62. The van der Waals surface area contributed by atoms with Gasteiger partial charge in [0.1, 0.15) is 0 Å². The zero-order valence-corrected chi connectivity index (χ0v) is 19.6. The minimum absolute atomic E-state index is 0.237. The van der Waals surface area contributed by atoms with E-state index in [1.807, 2.05) is 0 Å². The molecule has 0 heterocycles. The van der Waals surface area contributed by atoms with E-state index in [1.54, 1.807) is 0 Å². The number of hydrogen-bond donors (Lipinski definition) is 0. The molecule has 0 saturated heterocycles. The van der Waals surface area contributed by atoms with Crippen molar-refractivity contribution in [1.82, 2.24) is 0 Å². The van der Waals surface area contributed by atoms with Gasteiger partial charge in [0.15, 0.2) is 0 Å². The van der Waals surface area contributed by atoms with E-state index in [4.69, 9.17) is 0 Å². The zero-order valence-electron chi connectivity index (χ0n) is 19.6. The first-order chi connectivity index (χ1) is 10.2. The lowest BCUT2D eigenvalue weighted by molar-refractivity contribution is -0.402. The van der Waals surface area contributed by atoms with Crippen molar-refractivity contribution in [3.63, 3.8) is 0 Å². The third kappa shape index (κ3) is 1.38. The van der Waals surface area contributed by atoms with Gasteiger partial charge in [-0.15, -0.1) is 0 Å². The van der Waals surface area contributed by atoms with E-state index in [1.165, 1.54) is 0 Å². The van der Waals surface area contributed by atoms with Gasteiger partial charge in [0, 0.05) is 0 Å². The van der Waals surface area contributed by atoms with Crippen molar-refractivity contribution in [3.8, 4) is 0 Å². The number of rotatable bonds is 0. The van der Waals surface area contributed by atoms with Crippen LogP contribution in [-0.4, -0.2) is 0 Å². The fourth-order valence-corrected chi connectivity index (χ4v) is 9.08. The molecule has 0 aromatic heterocycles. The average molecular weight is 335 g/mol. The third-order valence-corrected chi connectivity index (χ3v) is 12.9. The van der Waals surface area contributed by atoms with Crippen LogP contribution in [0.5, 0.6) is 0 Å². The molecule has 2 unspecified atom stereocenters. The fraction of sp³-hybridized carbons (Fsp3) is 1.00. The molecule has 0 aliphatic heterocycles. The summed E-state index contributed by atoms with van der Waals surface area (Å²) in [4.78, 5) is 0. The van der Waals surface area contributed by atoms with Gasteiger partial charge in [-0.3, -0.25) is 0 Å². The van der Waals surface area contributed by atoms with E-state index in [2.05, 4.69) is 104 Å². The molecule has 0 aromatic carbocycles. The summed E-state index contributed by atoms with van der Waals surface area (Å²) >= 11 is 0. The normalized spacial score (nSPS) is 46.4. The second-order valence-corrected chi connectivity index (χ2v) is 12.9. The number of fused-ring (bicyclic) bond motifs is 2. The molecule has 2 aliphatic carbocycles. The molecule has 0 heteroatoms. The minimum atomic E-state index is 0.237. The molecule has 0 spiro atoms. The van der Waals surface area contributed by atoms with Crippen molar-refractivity contribution in [2.75, 3.05) is 0 Å². The van der Waals surface area contributed by atoms with Crippen LogP contribution in [0.4, 0.5) is 0 Å². The second kappa shape index (κ2) is 4.28. The highest BCUT2D eigenvalue weighted by Gasteiger charge is 2.84. The summed E-state index contributed by atoms with van der Waals surface area (Å²) in [6.45, 7) is 38.7. The van der Waals surface area contributed by atoms with Gasteiger partial charge < -0.3 is 0 Å². The highest BCUT2D eigenvalue weighted by atomic mass is 14.9. The van der Waals surface area contributed by atoms with Crippen LogP contribution in [0.25, 0.3) is 0 Å².